The van der Waals surface area contributed by atoms with Crippen LogP contribution in [0.2, 0.25) is 0 Å². The van der Waals surface area contributed by atoms with E-state index in [0.29, 0.717) is 5.75 Å². The lowest BCUT2D eigenvalue weighted by Gasteiger charge is -2.01. The van der Waals surface area contributed by atoms with Crippen LogP contribution in [-0.2, 0) is 6.42 Å². The summed E-state index contributed by atoms with van der Waals surface area (Å²) in [5.41, 5.74) is 2.07. The second-order valence-electron chi connectivity index (χ2n) is 2.59. The second-order valence-corrected chi connectivity index (χ2v) is 3.04. The van der Waals surface area contributed by atoms with Gasteiger partial charge in [-0.15, -0.1) is 0 Å². The predicted molar refractivity (Wildman–Crippen MR) is 50.4 cm³/mol. The maximum atomic E-state index is 9.30. The molecule has 0 unspecified atom stereocenters. The summed E-state index contributed by atoms with van der Waals surface area (Å²) in [5.74, 6) is 1.20. The van der Waals surface area contributed by atoms with Crippen LogP contribution in [0.1, 0.15) is 11.1 Å². The number of thiol groups is 1. The van der Waals surface area contributed by atoms with E-state index in [1.165, 1.54) is 0 Å². The van der Waals surface area contributed by atoms with E-state index in [4.69, 9.17) is 0 Å². The quantitative estimate of drug-likeness (QED) is 0.648. The molecule has 1 aromatic rings. The van der Waals surface area contributed by atoms with Gasteiger partial charge in [0.2, 0.25) is 0 Å². The van der Waals surface area contributed by atoms with E-state index in [1.807, 2.05) is 19.1 Å². The highest BCUT2D eigenvalue weighted by Crippen LogP contribution is 2.17. The lowest BCUT2D eigenvalue weighted by Crippen LogP contribution is -1.86. The third-order valence-corrected chi connectivity index (χ3v) is 1.90. The molecule has 0 radical (unpaired) electrons. The Bertz CT molecular complexity index is 245. The van der Waals surface area contributed by atoms with Crippen molar-refractivity contribution in [2.75, 3.05) is 5.75 Å². The van der Waals surface area contributed by atoms with Gasteiger partial charge in [-0.25, -0.2) is 0 Å². The molecule has 0 bridgehead atoms. The molecule has 0 spiro atoms. The molecule has 1 N–H and O–H groups in total. The molecule has 60 valence electrons. The van der Waals surface area contributed by atoms with Crippen LogP contribution in [0.25, 0.3) is 0 Å². The highest BCUT2D eigenvalue weighted by molar-refractivity contribution is 7.80. The van der Waals surface area contributed by atoms with Gasteiger partial charge < -0.3 is 5.11 Å². The molecule has 0 atom stereocenters. The SMILES string of the molecule is Cc1ccc(CCS)cc1O. The summed E-state index contributed by atoms with van der Waals surface area (Å²) in [7, 11) is 0. The Morgan fingerprint density at radius 2 is 2.18 bits per heavy atom. The first-order valence-corrected chi connectivity index (χ1v) is 4.26. The topological polar surface area (TPSA) is 20.2 Å². The highest BCUT2D eigenvalue weighted by atomic mass is 32.1. The Balaban J connectivity index is 2.86. The largest absolute Gasteiger partial charge is 0.508 e. The van der Waals surface area contributed by atoms with Gasteiger partial charge in [-0.05, 0) is 36.3 Å². The second kappa shape index (κ2) is 3.67. The normalized spacial score (nSPS) is 10.0. The zero-order valence-electron chi connectivity index (χ0n) is 6.54. The van der Waals surface area contributed by atoms with Gasteiger partial charge in [-0.3, -0.25) is 0 Å². The summed E-state index contributed by atoms with van der Waals surface area (Å²) >= 11 is 4.11. The number of phenols is 1. The molecular formula is C9H12OS. The monoisotopic (exact) mass is 168 g/mol. The lowest BCUT2D eigenvalue weighted by molar-refractivity contribution is 0.470. The fourth-order valence-corrected chi connectivity index (χ4v) is 1.20. The molecule has 0 aromatic heterocycles. The van der Waals surface area contributed by atoms with Gasteiger partial charge in [0.1, 0.15) is 5.75 Å². The van der Waals surface area contributed by atoms with Crippen LogP contribution >= 0.6 is 12.6 Å². The van der Waals surface area contributed by atoms with E-state index in [2.05, 4.69) is 12.6 Å². The molecule has 0 saturated carbocycles. The molecule has 0 saturated heterocycles. The predicted octanol–water partition coefficient (Wildman–Crippen LogP) is 2.17. The maximum absolute atomic E-state index is 9.30. The number of phenolic OH excluding ortho intramolecular Hbond substituents is 1. The van der Waals surface area contributed by atoms with Crippen LogP contribution in [0.5, 0.6) is 5.75 Å². The van der Waals surface area contributed by atoms with Gasteiger partial charge in [-0.1, -0.05) is 12.1 Å². The highest BCUT2D eigenvalue weighted by Gasteiger charge is 1.96. The summed E-state index contributed by atoms with van der Waals surface area (Å²) in [6.07, 6.45) is 0.914. The average Bonchev–Trinajstić information content (AvgIpc) is 1.98. The van der Waals surface area contributed by atoms with E-state index in [1.54, 1.807) is 6.07 Å². The van der Waals surface area contributed by atoms with Crippen molar-refractivity contribution in [1.29, 1.82) is 0 Å². The van der Waals surface area contributed by atoms with Crippen LogP contribution in [0.3, 0.4) is 0 Å². The van der Waals surface area contributed by atoms with Gasteiger partial charge in [0, 0.05) is 0 Å². The molecular weight excluding hydrogens is 156 g/mol. The number of rotatable bonds is 2. The van der Waals surface area contributed by atoms with Gasteiger partial charge >= 0.3 is 0 Å². The molecule has 0 fully saturated rings. The molecule has 0 aliphatic carbocycles. The van der Waals surface area contributed by atoms with Crippen molar-refractivity contribution >= 4 is 12.6 Å². The standard InChI is InChI=1S/C9H12OS/c1-7-2-3-8(4-5-11)6-9(7)10/h2-3,6,10-11H,4-5H2,1H3. The van der Waals surface area contributed by atoms with Crippen molar-refractivity contribution < 1.29 is 5.11 Å². The van der Waals surface area contributed by atoms with Gasteiger partial charge in [0.05, 0.1) is 0 Å². The van der Waals surface area contributed by atoms with E-state index in [9.17, 15) is 5.11 Å². The van der Waals surface area contributed by atoms with Crippen LogP contribution < -0.4 is 0 Å². The van der Waals surface area contributed by atoms with E-state index >= 15 is 0 Å². The first kappa shape index (κ1) is 8.47. The van der Waals surface area contributed by atoms with E-state index in [-0.39, 0.29) is 0 Å². The number of aromatic hydroxyl groups is 1. The fourth-order valence-electron chi connectivity index (χ4n) is 0.940. The molecule has 1 rings (SSSR count). The third-order valence-electron chi connectivity index (χ3n) is 1.67. The Labute approximate surface area is 72.5 Å². The van der Waals surface area contributed by atoms with Crippen molar-refractivity contribution in [3.8, 4) is 5.75 Å². The molecule has 0 aliphatic rings. The van der Waals surface area contributed by atoms with Crippen LogP contribution in [0, 0.1) is 6.92 Å². The van der Waals surface area contributed by atoms with E-state index < -0.39 is 0 Å². The fraction of sp³-hybridized carbons (Fsp3) is 0.333. The number of aryl methyl sites for hydroxylation is 2. The zero-order chi connectivity index (χ0) is 8.27. The average molecular weight is 168 g/mol. The summed E-state index contributed by atoms with van der Waals surface area (Å²) in [6.45, 7) is 1.89. The molecule has 0 aliphatic heterocycles. The molecule has 2 heteroatoms. The smallest absolute Gasteiger partial charge is 0.118 e. The van der Waals surface area contributed by atoms with Gasteiger partial charge in [-0.2, -0.15) is 12.6 Å². The lowest BCUT2D eigenvalue weighted by atomic mass is 10.1. The molecule has 1 aromatic carbocycles. The van der Waals surface area contributed by atoms with Crippen LogP contribution in [-0.4, -0.2) is 10.9 Å². The summed E-state index contributed by atoms with van der Waals surface area (Å²) in [5, 5.41) is 9.30. The van der Waals surface area contributed by atoms with Crippen molar-refractivity contribution in [3.05, 3.63) is 29.3 Å². The molecule has 0 amide bonds. The number of hydrogen-bond donors (Lipinski definition) is 2. The minimum Gasteiger partial charge on any atom is -0.508 e. The minimum absolute atomic E-state index is 0.379. The third kappa shape index (κ3) is 2.15. The Hall–Kier alpha value is -0.630. The molecule has 1 nitrogen and oxygen atoms in total. The Kier molecular flexibility index (Phi) is 2.83. The van der Waals surface area contributed by atoms with E-state index in [0.717, 1.165) is 23.3 Å². The zero-order valence-corrected chi connectivity index (χ0v) is 7.44. The summed E-state index contributed by atoms with van der Waals surface area (Å²) in [6, 6.07) is 5.74. The first-order chi connectivity index (χ1) is 5.24. The van der Waals surface area contributed by atoms with Gasteiger partial charge in [0.15, 0.2) is 0 Å². The van der Waals surface area contributed by atoms with Crippen molar-refractivity contribution in [3.63, 3.8) is 0 Å². The van der Waals surface area contributed by atoms with Gasteiger partial charge in [0.25, 0.3) is 0 Å². The molecule has 0 heterocycles. The first-order valence-electron chi connectivity index (χ1n) is 3.63. The number of hydrogen-bond acceptors (Lipinski definition) is 2. The maximum Gasteiger partial charge on any atom is 0.118 e. The Morgan fingerprint density at radius 3 is 2.73 bits per heavy atom. The molecule has 11 heavy (non-hydrogen) atoms. The summed E-state index contributed by atoms with van der Waals surface area (Å²) in [4.78, 5) is 0. The minimum atomic E-state index is 0.379. The Morgan fingerprint density at radius 1 is 1.45 bits per heavy atom. The van der Waals surface area contributed by atoms with Crippen LogP contribution in [0.4, 0.5) is 0 Å². The van der Waals surface area contributed by atoms with Crippen molar-refractivity contribution in [1.82, 2.24) is 0 Å². The van der Waals surface area contributed by atoms with Crippen LogP contribution in [0.15, 0.2) is 18.2 Å². The summed E-state index contributed by atoms with van der Waals surface area (Å²) < 4.78 is 0. The number of benzene rings is 1. The van der Waals surface area contributed by atoms with Crippen molar-refractivity contribution in [2.24, 2.45) is 0 Å². The van der Waals surface area contributed by atoms with Crippen molar-refractivity contribution in [2.45, 2.75) is 13.3 Å².